The molecular weight excluding hydrogens is 474 g/mol. The summed E-state index contributed by atoms with van der Waals surface area (Å²) in [5.41, 5.74) is 6.06. The molecule has 3 aliphatic heterocycles. The molecule has 0 spiro atoms. The zero-order valence-electron chi connectivity index (χ0n) is 22.5. The first-order valence-corrected chi connectivity index (χ1v) is 14.0. The number of piperazine rings is 1. The Bertz CT molecular complexity index is 1330. The Hall–Kier alpha value is -3.57. The number of benzene rings is 1. The topological polar surface area (TPSA) is 71.1 Å². The van der Waals surface area contributed by atoms with Crippen molar-refractivity contribution < 1.29 is 4.79 Å². The Kier molecular flexibility index (Phi) is 6.71. The van der Waals surface area contributed by atoms with E-state index in [9.17, 15) is 4.79 Å². The van der Waals surface area contributed by atoms with Crippen LogP contribution >= 0.6 is 0 Å². The maximum Gasteiger partial charge on any atom is 0.320 e. The molecule has 0 N–H and O–H groups in total. The molecule has 0 saturated carbocycles. The normalized spacial score (nSPS) is 21.1. The highest BCUT2D eigenvalue weighted by atomic mass is 16.2. The number of hydrogen-bond donors (Lipinski definition) is 0. The zero-order valence-corrected chi connectivity index (χ0v) is 22.5. The van der Waals surface area contributed by atoms with Crippen LogP contribution < -0.4 is 4.90 Å². The second-order valence-electron chi connectivity index (χ2n) is 11.3. The molecule has 38 heavy (non-hydrogen) atoms. The third kappa shape index (κ3) is 4.71. The van der Waals surface area contributed by atoms with Gasteiger partial charge in [-0.1, -0.05) is 24.3 Å². The van der Waals surface area contributed by atoms with Gasteiger partial charge in [0.05, 0.1) is 23.2 Å². The molecule has 1 atom stereocenters. The second-order valence-corrected chi connectivity index (χ2v) is 11.3. The predicted molar refractivity (Wildman–Crippen MR) is 149 cm³/mol. The van der Waals surface area contributed by atoms with Crippen LogP contribution in [0.4, 0.5) is 10.5 Å². The van der Waals surface area contributed by atoms with E-state index in [-0.39, 0.29) is 11.9 Å². The number of fused-ring (bicyclic) bond motifs is 1. The largest absolute Gasteiger partial charge is 0.366 e. The number of hydrogen-bond acceptors (Lipinski definition) is 5. The van der Waals surface area contributed by atoms with Gasteiger partial charge in [0.25, 0.3) is 0 Å². The summed E-state index contributed by atoms with van der Waals surface area (Å²) in [5.74, 6) is 0.605. The number of amides is 2. The number of nitrogens with zero attached hydrogens (tertiary/aromatic N) is 7. The van der Waals surface area contributed by atoms with Crippen molar-refractivity contribution in [1.29, 1.82) is 5.26 Å². The van der Waals surface area contributed by atoms with Crippen LogP contribution in [0.1, 0.15) is 38.2 Å². The molecule has 1 unspecified atom stereocenters. The first-order chi connectivity index (χ1) is 18.5. The molecule has 2 aromatic heterocycles. The lowest BCUT2D eigenvalue weighted by Gasteiger charge is -2.42. The molecular formula is C30H37N7O. The van der Waals surface area contributed by atoms with E-state index in [1.807, 2.05) is 15.6 Å². The fourth-order valence-electron chi connectivity index (χ4n) is 6.18. The van der Waals surface area contributed by atoms with Gasteiger partial charge < -0.3 is 19.6 Å². The van der Waals surface area contributed by atoms with Crippen molar-refractivity contribution in [2.45, 2.75) is 38.6 Å². The molecule has 0 aliphatic carbocycles. The molecule has 8 nitrogen and oxygen atoms in total. The van der Waals surface area contributed by atoms with Gasteiger partial charge in [0.1, 0.15) is 0 Å². The van der Waals surface area contributed by atoms with Gasteiger partial charge in [0.2, 0.25) is 0 Å². The Morgan fingerprint density at radius 1 is 0.974 bits per heavy atom. The molecule has 3 saturated heterocycles. The minimum Gasteiger partial charge on any atom is -0.366 e. The van der Waals surface area contributed by atoms with Crippen LogP contribution in [0, 0.1) is 17.2 Å². The number of aromatic nitrogens is 2. The summed E-state index contributed by atoms with van der Waals surface area (Å²) >= 11 is 0. The molecule has 198 valence electrons. The van der Waals surface area contributed by atoms with Crippen LogP contribution in [0.3, 0.4) is 0 Å². The first-order valence-electron chi connectivity index (χ1n) is 14.0. The fraction of sp³-hybridized carbons (Fsp3) is 0.500. The summed E-state index contributed by atoms with van der Waals surface area (Å²) in [6.07, 6.45) is 6.51. The van der Waals surface area contributed by atoms with Crippen molar-refractivity contribution in [3.8, 4) is 17.2 Å². The Morgan fingerprint density at radius 2 is 1.74 bits per heavy atom. The van der Waals surface area contributed by atoms with Gasteiger partial charge >= 0.3 is 6.03 Å². The zero-order chi connectivity index (χ0) is 26.2. The molecule has 3 aliphatic rings. The molecule has 0 bridgehead atoms. The summed E-state index contributed by atoms with van der Waals surface area (Å²) in [7, 11) is 0. The van der Waals surface area contributed by atoms with Crippen LogP contribution in [-0.4, -0.2) is 88.7 Å². The average Bonchev–Trinajstić information content (AvgIpc) is 3.37. The monoisotopic (exact) mass is 511 g/mol. The number of piperidine rings is 1. The molecule has 5 heterocycles. The molecule has 2 amide bonds. The van der Waals surface area contributed by atoms with Gasteiger partial charge in [-0.15, -0.1) is 0 Å². The van der Waals surface area contributed by atoms with E-state index in [1.165, 1.54) is 36.1 Å². The smallest absolute Gasteiger partial charge is 0.320 e. The van der Waals surface area contributed by atoms with Gasteiger partial charge in [-0.05, 0) is 62.4 Å². The van der Waals surface area contributed by atoms with Gasteiger partial charge in [-0.25, -0.2) is 9.31 Å². The van der Waals surface area contributed by atoms with Crippen molar-refractivity contribution >= 4 is 17.2 Å². The number of carbonyl (C=O) groups excluding carboxylic acids is 1. The van der Waals surface area contributed by atoms with Crippen LogP contribution in [0.5, 0.6) is 0 Å². The molecule has 6 rings (SSSR count). The summed E-state index contributed by atoms with van der Waals surface area (Å²) < 4.78 is 1.97. The van der Waals surface area contributed by atoms with E-state index >= 15 is 0 Å². The van der Waals surface area contributed by atoms with Crippen molar-refractivity contribution in [2.75, 3.05) is 57.3 Å². The number of anilines is 1. The quantitative estimate of drug-likeness (QED) is 0.523. The third-order valence-corrected chi connectivity index (χ3v) is 8.61. The lowest BCUT2D eigenvalue weighted by molar-refractivity contribution is 0.106. The molecule has 3 fully saturated rings. The van der Waals surface area contributed by atoms with Crippen LogP contribution in [0.2, 0.25) is 0 Å². The fourth-order valence-corrected chi connectivity index (χ4v) is 6.18. The Balaban J connectivity index is 1.14. The van der Waals surface area contributed by atoms with Gasteiger partial charge in [0.15, 0.2) is 0 Å². The van der Waals surface area contributed by atoms with E-state index < -0.39 is 0 Å². The number of nitriles is 1. The van der Waals surface area contributed by atoms with Gasteiger partial charge in [-0.3, -0.25) is 0 Å². The van der Waals surface area contributed by atoms with E-state index in [4.69, 9.17) is 5.26 Å². The second kappa shape index (κ2) is 10.3. The SMILES string of the molecule is CC(C)N1CCCC(c2ccc(-c3cc4c(N5CCN(C(=O)N6CC(C#N)C6)CC5)ccnn4c3)cc2)C1. The van der Waals surface area contributed by atoms with Crippen molar-refractivity contribution in [3.63, 3.8) is 0 Å². The predicted octanol–water partition coefficient (Wildman–Crippen LogP) is 4.29. The first kappa shape index (κ1) is 24.7. The Labute approximate surface area is 225 Å². The molecule has 0 radical (unpaired) electrons. The lowest BCUT2D eigenvalue weighted by atomic mass is 9.89. The van der Waals surface area contributed by atoms with E-state index in [0.717, 1.165) is 30.8 Å². The number of rotatable bonds is 4. The number of urea groups is 1. The summed E-state index contributed by atoms with van der Waals surface area (Å²) in [4.78, 5) is 21.4. The van der Waals surface area contributed by atoms with Crippen molar-refractivity contribution in [1.82, 2.24) is 24.3 Å². The minimum absolute atomic E-state index is 0.00685. The van der Waals surface area contributed by atoms with E-state index in [2.05, 4.69) is 77.4 Å². The highest BCUT2D eigenvalue weighted by Gasteiger charge is 2.34. The lowest BCUT2D eigenvalue weighted by Crippen LogP contribution is -2.58. The highest BCUT2D eigenvalue weighted by molar-refractivity contribution is 5.80. The van der Waals surface area contributed by atoms with E-state index in [0.29, 0.717) is 38.1 Å². The minimum atomic E-state index is -0.00685. The van der Waals surface area contributed by atoms with Crippen LogP contribution in [-0.2, 0) is 0 Å². The molecule has 8 heteroatoms. The molecule has 3 aromatic rings. The van der Waals surface area contributed by atoms with E-state index in [1.54, 1.807) is 4.90 Å². The van der Waals surface area contributed by atoms with Crippen molar-refractivity contribution in [2.24, 2.45) is 5.92 Å². The highest BCUT2D eigenvalue weighted by Crippen LogP contribution is 2.32. The average molecular weight is 512 g/mol. The Morgan fingerprint density at radius 3 is 2.45 bits per heavy atom. The number of likely N-dealkylation sites (tertiary alicyclic amines) is 2. The maximum atomic E-state index is 12.7. The van der Waals surface area contributed by atoms with Crippen LogP contribution in [0.25, 0.3) is 16.6 Å². The maximum absolute atomic E-state index is 12.7. The van der Waals surface area contributed by atoms with Crippen LogP contribution in [0.15, 0.2) is 48.8 Å². The number of carbonyl (C=O) groups is 1. The summed E-state index contributed by atoms with van der Waals surface area (Å²) in [6, 6.07) is 16.4. The standard InChI is InChI=1S/C30H37N7O/c1-22(2)35-11-3-4-26(20-35)24-5-7-25(8-6-24)27-16-29-28(9-10-32-37(29)21-27)33-12-14-34(15-13-33)30(38)36-18-23(17-31)19-36/h5-10,16,21-23,26H,3-4,11-15,18-20H2,1-2H3. The molecule has 1 aromatic carbocycles. The third-order valence-electron chi connectivity index (χ3n) is 8.61. The van der Waals surface area contributed by atoms with Gasteiger partial charge in [-0.2, -0.15) is 10.4 Å². The summed E-state index contributed by atoms with van der Waals surface area (Å²) in [5, 5.41) is 13.6. The van der Waals surface area contributed by atoms with Crippen molar-refractivity contribution in [3.05, 3.63) is 54.4 Å². The summed E-state index contributed by atoms with van der Waals surface area (Å²) in [6.45, 7) is 11.0. The van der Waals surface area contributed by atoms with Gasteiger partial charge in [0, 0.05) is 69.8 Å².